The zero-order chi connectivity index (χ0) is 19.8. The first kappa shape index (κ1) is 19.7. The number of hydrogen-bond donors (Lipinski definition) is 4. The maximum atomic E-state index is 8.75. The molecular formula is C21H22N2O5. The van der Waals surface area contributed by atoms with E-state index in [1.807, 2.05) is 48.5 Å². The summed E-state index contributed by atoms with van der Waals surface area (Å²) in [6, 6.07) is 20.0. The summed E-state index contributed by atoms with van der Waals surface area (Å²) in [5, 5.41) is 17.5. The van der Waals surface area contributed by atoms with Crippen LogP contribution in [0.15, 0.2) is 66.7 Å². The highest BCUT2D eigenvalue weighted by Gasteiger charge is 2.07. The molecule has 0 atom stereocenters. The van der Waals surface area contributed by atoms with Gasteiger partial charge in [-0.05, 0) is 35.4 Å². The Kier molecular flexibility index (Phi) is 6.83. The van der Waals surface area contributed by atoms with Crippen LogP contribution < -0.4 is 25.2 Å². The molecule has 0 fully saturated rings. The molecule has 0 saturated heterocycles. The lowest BCUT2D eigenvalue weighted by Gasteiger charge is -2.12. The van der Waals surface area contributed by atoms with Crippen LogP contribution in [-0.4, -0.2) is 17.5 Å². The molecule has 0 amide bonds. The van der Waals surface area contributed by atoms with Crippen molar-refractivity contribution in [3.05, 3.63) is 77.9 Å². The van der Waals surface area contributed by atoms with E-state index in [4.69, 9.17) is 24.6 Å². The number of hydrogen-bond acceptors (Lipinski definition) is 7. The Bertz CT molecular complexity index is 813. The number of hydroxylamine groups is 2. The normalized spacial score (nSPS) is 10.5. The van der Waals surface area contributed by atoms with Gasteiger partial charge in [-0.2, -0.15) is 0 Å². The summed E-state index contributed by atoms with van der Waals surface area (Å²) >= 11 is 0. The third-order valence-corrected chi connectivity index (χ3v) is 3.97. The molecule has 0 heterocycles. The first-order chi connectivity index (χ1) is 13.7. The van der Waals surface area contributed by atoms with E-state index in [0.717, 1.165) is 11.1 Å². The van der Waals surface area contributed by atoms with Gasteiger partial charge in [-0.25, -0.2) is 11.0 Å². The van der Waals surface area contributed by atoms with Crippen LogP contribution in [0.5, 0.6) is 28.7 Å². The fraction of sp³-hybridized carbons (Fsp3) is 0.143. The molecule has 0 saturated carbocycles. The van der Waals surface area contributed by atoms with Crippen LogP contribution in [-0.2, 0) is 13.1 Å². The summed E-state index contributed by atoms with van der Waals surface area (Å²) in [7, 11) is 1.58. The van der Waals surface area contributed by atoms with E-state index < -0.39 is 0 Å². The molecule has 0 radical (unpaired) electrons. The fourth-order valence-electron chi connectivity index (χ4n) is 2.59. The van der Waals surface area contributed by atoms with E-state index in [1.165, 1.54) is 0 Å². The third-order valence-electron chi connectivity index (χ3n) is 3.97. The van der Waals surface area contributed by atoms with Crippen LogP contribution in [0, 0.1) is 0 Å². The van der Waals surface area contributed by atoms with Crippen molar-refractivity contribution in [1.29, 1.82) is 0 Å². The maximum absolute atomic E-state index is 8.75. The highest BCUT2D eigenvalue weighted by atomic mass is 16.5. The molecule has 7 nitrogen and oxygen atoms in total. The number of nitrogens with one attached hydrogen (secondary N) is 2. The molecule has 0 spiro atoms. The van der Waals surface area contributed by atoms with Crippen molar-refractivity contribution in [3.63, 3.8) is 0 Å². The first-order valence-electron chi connectivity index (χ1n) is 8.67. The van der Waals surface area contributed by atoms with Gasteiger partial charge in [0, 0.05) is 31.3 Å². The summed E-state index contributed by atoms with van der Waals surface area (Å²) in [5.74, 6) is 3.06. The minimum absolute atomic E-state index is 0.366. The number of methoxy groups -OCH3 is 1. The van der Waals surface area contributed by atoms with Gasteiger partial charge in [-0.1, -0.05) is 24.3 Å². The quantitative estimate of drug-likeness (QED) is 0.412. The Labute approximate surface area is 163 Å². The highest BCUT2D eigenvalue weighted by Crippen LogP contribution is 2.33. The second-order valence-corrected chi connectivity index (χ2v) is 6.01. The molecule has 7 heteroatoms. The topological polar surface area (TPSA) is 92.2 Å². The van der Waals surface area contributed by atoms with Gasteiger partial charge >= 0.3 is 0 Å². The lowest BCUT2D eigenvalue weighted by atomic mass is 10.2. The van der Waals surface area contributed by atoms with E-state index >= 15 is 0 Å². The van der Waals surface area contributed by atoms with Crippen LogP contribution in [0.4, 0.5) is 0 Å². The fourth-order valence-corrected chi connectivity index (χ4v) is 2.59. The monoisotopic (exact) mass is 382 g/mol. The van der Waals surface area contributed by atoms with Gasteiger partial charge < -0.3 is 24.6 Å². The maximum Gasteiger partial charge on any atom is 0.134 e. The van der Waals surface area contributed by atoms with E-state index in [9.17, 15) is 0 Å². The molecule has 0 aliphatic rings. The lowest BCUT2D eigenvalue weighted by molar-refractivity contribution is 0.161. The number of rotatable bonds is 9. The summed E-state index contributed by atoms with van der Waals surface area (Å²) in [6.07, 6.45) is 0. The molecule has 0 aliphatic carbocycles. The van der Waals surface area contributed by atoms with Gasteiger partial charge in [0.15, 0.2) is 0 Å². The molecular weight excluding hydrogens is 360 g/mol. The van der Waals surface area contributed by atoms with E-state index in [-0.39, 0.29) is 0 Å². The number of benzene rings is 3. The van der Waals surface area contributed by atoms with E-state index in [1.54, 1.807) is 25.3 Å². The van der Waals surface area contributed by atoms with E-state index in [0.29, 0.717) is 41.8 Å². The molecule has 0 unspecified atom stereocenters. The minimum Gasteiger partial charge on any atom is -0.496 e. The predicted octanol–water partition coefficient (Wildman–Crippen LogP) is 4.24. The van der Waals surface area contributed by atoms with E-state index in [2.05, 4.69) is 11.0 Å². The molecule has 28 heavy (non-hydrogen) atoms. The third kappa shape index (κ3) is 5.45. The van der Waals surface area contributed by atoms with Gasteiger partial charge in [-0.3, -0.25) is 0 Å². The Morgan fingerprint density at radius 3 is 1.36 bits per heavy atom. The highest BCUT2D eigenvalue weighted by molar-refractivity contribution is 5.46. The molecule has 3 rings (SSSR count). The van der Waals surface area contributed by atoms with Crippen molar-refractivity contribution in [2.24, 2.45) is 0 Å². The van der Waals surface area contributed by atoms with Gasteiger partial charge in [-0.15, -0.1) is 0 Å². The zero-order valence-corrected chi connectivity index (χ0v) is 15.4. The predicted molar refractivity (Wildman–Crippen MR) is 103 cm³/mol. The summed E-state index contributed by atoms with van der Waals surface area (Å²) < 4.78 is 17.1. The second kappa shape index (κ2) is 9.72. The molecule has 0 aromatic heterocycles. The van der Waals surface area contributed by atoms with Crippen LogP contribution in [0.25, 0.3) is 0 Å². The van der Waals surface area contributed by atoms with Crippen molar-refractivity contribution in [1.82, 2.24) is 11.0 Å². The molecule has 0 aliphatic heterocycles. The van der Waals surface area contributed by atoms with Crippen molar-refractivity contribution < 1.29 is 24.6 Å². The molecule has 3 aromatic rings. The summed E-state index contributed by atoms with van der Waals surface area (Å²) in [6.45, 7) is 0.731. The van der Waals surface area contributed by atoms with Gasteiger partial charge in [0.1, 0.15) is 28.7 Å². The summed E-state index contributed by atoms with van der Waals surface area (Å²) in [5.41, 5.74) is 6.11. The Morgan fingerprint density at radius 1 is 0.607 bits per heavy atom. The molecule has 146 valence electrons. The molecule has 0 bridgehead atoms. The average molecular weight is 382 g/mol. The Balaban J connectivity index is 1.75. The van der Waals surface area contributed by atoms with Crippen molar-refractivity contribution in [2.75, 3.05) is 7.11 Å². The summed E-state index contributed by atoms with van der Waals surface area (Å²) in [4.78, 5) is 0. The van der Waals surface area contributed by atoms with Crippen molar-refractivity contribution in [2.45, 2.75) is 13.1 Å². The second-order valence-electron chi connectivity index (χ2n) is 6.01. The average Bonchev–Trinajstić information content (AvgIpc) is 2.71. The Hall–Kier alpha value is -3.10. The van der Waals surface area contributed by atoms with Crippen LogP contribution in [0.2, 0.25) is 0 Å². The first-order valence-corrected chi connectivity index (χ1v) is 8.67. The van der Waals surface area contributed by atoms with Crippen molar-refractivity contribution >= 4 is 0 Å². The Morgan fingerprint density at radius 2 is 1.00 bits per heavy atom. The molecule has 4 N–H and O–H groups in total. The van der Waals surface area contributed by atoms with Gasteiger partial charge in [0.05, 0.1) is 7.11 Å². The van der Waals surface area contributed by atoms with Crippen molar-refractivity contribution in [3.8, 4) is 28.7 Å². The standard InChI is InChI=1S/C21H22N2O5/c1-26-19-10-20(27-17-6-2-15(3-7-17)13-22-24)12-21(11-19)28-18-8-4-16(5-9-18)14-23-25/h2-12,22-25H,13-14H2,1H3. The largest absolute Gasteiger partial charge is 0.496 e. The van der Waals surface area contributed by atoms with Crippen LogP contribution in [0.1, 0.15) is 11.1 Å². The van der Waals surface area contributed by atoms with Gasteiger partial charge in [0.2, 0.25) is 0 Å². The lowest BCUT2D eigenvalue weighted by Crippen LogP contribution is -2.05. The smallest absolute Gasteiger partial charge is 0.134 e. The number of ether oxygens (including phenoxy) is 3. The van der Waals surface area contributed by atoms with Crippen LogP contribution in [0.3, 0.4) is 0 Å². The van der Waals surface area contributed by atoms with Gasteiger partial charge in [0.25, 0.3) is 0 Å². The minimum atomic E-state index is 0.366. The molecule has 3 aromatic carbocycles. The zero-order valence-electron chi connectivity index (χ0n) is 15.4. The van der Waals surface area contributed by atoms with Crippen LogP contribution >= 0.6 is 0 Å². The SMILES string of the molecule is COc1cc(Oc2ccc(CNO)cc2)cc(Oc2ccc(CNO)cc2)c1.